The summed E-state index contributed by atoms with van der Waals surface area (Å²) < 4.78 is 6.48. The standard InChI is InChI=1S/C10H14N6O3/c1-4-15-10(9(16(17)18)6(2)13-15)11-5-8-12-7(3)14-19-8/h11H,4-5H2,1-3H3. The van der Waals surface area contributed by atoms with Gasteiger partial charge in [0.05, 0.1) is 11.5 Å². The molecule has 2 heterocycles. The summed E-state index contributed by atoms with van der Waals surface area (Å²) in [6.07, 6.45) is 0. The van der Waals surface area contributed by atoms with Gasteiger partial charge in [0.25, 0.3) is 0 Å². The lowest BCUT2D eigenvalue weighted by molar-refractivity contribution is -0.384. The van der Waals surface area contributed by atoms with Crippen LogP contribution in [0.3, 0.4) is 0 Å². The normalized spacial score (nSPS) is 10.7. The van der Waals surface area contributed by atoms with Gasteiger partial charge >= 0.3 is 5.69 Å². The van der Waals surface area contributed by atoms with Gasteiger partial charge in [-0.15, -0.1) is 0 Å². The molecule has 0 aliphatic heterocycles. The van der Waals surface area contributed by atoms with Crippen molar-refractivity contribution in [2.75, 3.05) is 5.32 Å². The molecule has 0 aliphatic carbocycles. The van der Waals surface area contributed by atoms with Crippen molar-refractivity contribution in [1.29, 1.82) is 0 Å². The molecule has 0 saturated carbocycles. The Morgan fingerprint density at radius 3 is 2.74 bits per heavy atom. The summed E-state index contributed by atoms with van der Waals surface area (Å²) >= 11 is 0. The third-order valence-electron chi connectivity index (χ3n) is 2.55. The van der Waals surface area contributed by atoms with Crippen molar-refractivity contribution in [2.45, 2.75) is 33.9 Å². The maximum absolute atomic E-state index is 11.0. The first-order chi connectivity index (χ1) is 9.02. The number of nitrogens with one attached hydrogen (secondary N) is 1. The molecule has 19 heavy (non-hydrogen) atoms. The Hall–Kier alpha value is -2.45. The summed E-state index contributed by atoms with van der Waals surface area (Å²) in [5.41, 5.74) is 0.342. The predicted octanol–water partition coefficient (Wildman–Crippen LogP) is 1.42. The lowest BCUT2D eigenvalue weighted by atomic mass is 10.4. The average Bonchev–Trinajstić information content (AvgIpc) is 2.89. The highest BCUT2D eigenvalue weighted by Crippen LogP contribution is 2.28. The zero-order valence-corrected chi connectivity index (χ0v) is 10.9. The number of hydrogen-bond donors (Lipinski definition) is 1. The van der Waals surface area contributed by atoms with E-state index in [9.17, 15) is 10.1 Å². The van der Waals surface area contributed by atoms with Crippen LogP contribution in [0.2, 0.25) is 0 Å². The van der Waals surface area contributed by atoms with E-state index >= 15 is 0 Å². The van der Waals surface area contributed by atoms with Crippen molar-refractivity contribution in [1.82, 2.24) is 19.9 Å². The molecule has 9 nitrogen and oxygen atoms in total. The van der Waals surface area contributed by atoms with E-state index in [1.165, 1.54) is 4.68 Å². The van der Waals surface area contributed by atoms with Crippen molar-refractivity contribution in [3.05, 3.63) is 27.5 Å². The third kappa shape index (κ3) is 2.54. The van der Waals surface area contributed by atoms with Crippen LogP contribution in [0.15, 0.2) is 4.52 Å². The van der Waals surface area contributed by atoms with Crippen LogP contribution in [0.1, 0.15) is 24.3 Å². The Bertz CT molecular complexity index is 602. The highest BCUT2D eigenvalue weighted by molar-refractivity contribution is 5.59. The number of nitrogens with zero attached hydrogens (tertiary/aromatic N) is 5. The molecule has 0 unspecified atom stereocenters. The van der Waals surface area contributed by atoms with Crippen molar-refractivity contribution < 1.29 is 9.45 Å². The zero-order valence-electron chi connectivity index (χ0n) is 10.9. The van der Waals surface area contributed by atoms with Crippen molar-refractivity contribution >= 4 is 11.5 Å². The fourth-order valence-electron chi connectivity index (χ4n) is 1.77. The van der Waals surface area contributed by atoms with E-state index in [0.29, 0.717) is 29.8 Å². The van der Waals surface area contributed by atoms with E-state index in [1.807, 2.05) is 6.92 Å². The van der Waals surface area contributed by atoms with Gasteiger partial charge in [-0.1, -0.05) is 5.16 Å². The Kier molecular flexibility index (Phi) is 3.45. The van der Waals surface area contributed by atoms with Gasteiger partial charge in [-0.2, -0.15) is 10.1 Å². The Morgan fingerprint density at radius 1 is 1.47 bits per heavy atom. The molecular weight excluding hydrogens is 252 g/mol. The van der Waals surface area contributed by atoms with Gasteiger partial charge in [0.15, 0.2) is 5.82 Å². The second-order valence-electron chi connectivity index (χ2n) is 3.94. The molecule has 0 saturated heterocycles. The molecular formula is C10H14N6O3. The van der Waals surface area contributed by atoms with E-state index in [-0.39, 0.29) is 12.2 Å². The molecule has 102 valence electrons. The molecule has 2 aromatic heterocycles. The predicted molar refractivity (Wildman–Crippen MR) is 65.7 cm³/mol. The number of hydrogen-bond acceptors (Lipinski definition) is 7. The van der Waals surface area contributed by atoms with Crippen LogP contribution in [-0.4, -0.2) is 24.8 Å². The topological polar surface area (TPSA) is 112 Å². The minimum Gasteiger partial charge on any atom is -0.355 e. The van der Waals surface area contributed by atoms with Gasteiger partial charge in [0.2, 0.25) is 11.7 Å². The van der Waals surface area contributed by atoms with E-state index in [2.05, 4.69) is 20.6 Å². The molecule has 2 rings (SSSR count). The number of anilines is 1. The Labute approximate surface area is 108 Å². The number of rotatable bonds is 5. The van der Waals surface area contributed by atoms with Gasteiger partial charge in [-0.3, -0.25) is 10.1 Å². The molecule has 0 fully saturated rings. The van der Waals surface area contributed by atoms with E-state index < -0.39 is 4.92 Å². The Morgan fingerprint density at radius 2 is 2.21 bits per heavy atom. The zero-order chi connectivity index (χ0) is 14.0. The second-order valence-corrected chi connectivity index (χ2v) is 3.94. The summed E-state index contributed by atoms with van der Waals surface area (Å²) in [7, 11) is 0. The SMILES string of the molecule is CCn1nc(C)c([N+](=O)[O-])c1NCc1nc(C)no1. The van der Waals surface area contributed by atoms with Crippen molar-refractivity contribution in [3.8, 4) is 0 Å². The summed E-state index contributed by atoms with van der Waals surface area (Å²) in [6, 6.07) is 0. The second kappa shape index (κ2) is 5.04. The maximum Gasteiger partial charge on any atom is 0.333 e. The van der Waals surface area contributed by atoms with Gasteiger partial charge in [0.1, 0.15) is 5.69 Å². The molecule has 0 amide bonds. The van der Waals surface area contributed by atoms with E-state index in [4.69, 9.17) is 4.52 Å². The van der Waals surface area contributed by atoms with Gasteiger partial charge in [-0.05, 0) is 20.8 Å². The molecule has 0 aliphatic rings. The highest BCUT2D eigenvalue weighted by Gasteiger charge is 2.24. The van der Waals surface area contributed by atoms with Gasteiger partial charge < -0.3 is 9.84 Å². The fraction of sp³-hybridized carbons (Fsp3) is 0.500. The third-order valence-corrected chi connectivity index (χ3v) is 2.55. The Balaban J connectivity index is 2.25. The average molecular weight is 266 g/mol. The van der Waals surface area contributed by atoms with Crippen molar-refractivity contribution in [3.63, 3.8) is 0 Å². The van der Waals surface area contributed by atoms with Crippen LogP contribution in [0.4, 0.5) is 11.5 Å². The van der Waals surface area contributed by atoms with Crippen LogP contribution in [0.5, 0.6) is 0 Å². The highest BCUT2D eigenvalue weighted by atomic mass is 16.6. The number of aryl methyl sites for hydroxylation is 3. The first-order valence-corrected chi connectivity index (χ1v) is 5.77. The summed E-state index contributed by atoms with van der Waals surface area (Å²) in [6.45, 7) is 5.91. The molecule has 0 aromatic carbocycles. The summed E-state index contributed by atoms with van der Waals surface area (Å²) in [4.78, 5) is 14.6. The molecule has 0 bridgehead atoms. The van der Waals surface area contributed by atoms with Crippen LogP contribution in [0, 0.1) is 24.0 Å². The van der Waals surface area contributed by atoms with E-state index in [1.54, 1.807) is 13.8 Å². The number of aromatic nitrogens is 4. The quantitative estimate of drug-likeness (QED) is 0.643. The lowest BCUT2D eigenvalue weighted by Crippen LogP contribution is -2.08. The minimum atomic E-state index is -0.449. The first-order valence-electron chi connectivity index (χ1n) is 5.77. The molecule has 9 heteroatoms. The van der Waals surface area contributed by atoms with Crippen LogP contribution in [-0.2, 0) is 13.1 Å². The van der Waals surface area contributed by atoms with Crippen molar-refractivity contribution in [2.24, 2.45) is 0 Å². The molecule has 2 aromatic rings. The monoisotopic (exact) mass is 266 g/mol. The minimum absolute atomic E-state index is 0.0295. The smallest absolute Gasteiger partial charge is 0.333 e. The molecule has 0 radical (unpaired) electrons. The lowest BCUT2D eigenvalue weighted by Gasteiger charge is -2.04. The maximum atomic E-state index is 11.0. The molecule has 0 spiro atoms. The largest absolute Gasteiger partial charge is 0.355 e. The van der Waals surface area contributed by atoms with E-state index in [0.717, 1.165) is 0 Å². The number of nitro groups is 1. The first kappa shape index (κ1) is 13.0. The molecule has 1 N–H and O–H groups in total. The van der Waals surface area contributed by atoms with Crippen LogP contribution >= 0.6 is 0 Å². The summed E-state index contributed by atoms with van der Waals surface area (Å²) in [5.74, 6) is 1.24. The summed E-state index contributed by atoms with van der Waals surface area (Å²) in [5, 5.41) is 21.7. The van der Waals surface area contributed by atoms with Gasteiger partial charge in [-0.25, -0.2) is 4.68 Å². The van der Waals surface area contributed by atoms with Crippen LogP contribution < -0.4 is 5.32 Å². The molecule has 0 atom stereocenters. The van der Waals surface area contributed by atoms with Crippen LogP contribution in [0.25, 0.3) is 0 Å². The fourth-order valence-corrected chi connectivity index (χ4v) is 1.77. The van der Waals surface area contributed by atoms with Gasteiger partial charge in [0, 0.05) is 6.54 Å².